The number of anilines is 1. The van der Waals surface area contributed by atoms with Gasteiger partial charge in [-0.3, -0.25) is 0 Å². The van der Waals surface area contributed by atoms with E-state index < -0.39 is 0 Å². The van der Waals surface area contributed by atoms with Gasteiger partial charge >= 0.3 is 5.97 Å². The third-order valence-electron chi connectivity index (χ3n) is 1.97. The first-order chi connectivity index (χ1) is 6.72. The van der Waals surface area contributed by atoms with Crippen LogP contribution in [0.1, 0.15) is 10.4 Å². The number of H-pyrrole nitrogens is 1. The van der Waals surface area contributed by atoms with Crippen LogP contribution in [-0.2, 0) is 4.74 Å². The van der Waals surface area contributed by atoms with Crippen LogP contribution in [0.2, 0.25) is 0 Å². The number of hydrogen-bond donors (Lipinski definition) is 2. The zero-order valence-corrected chi connectivity index (χ0v) is 7.57. The van der Waals surface area contributed by atoms with Crippen molar-refractivity contribution in [2.24, 2.45) is 0 Å². The summed E-state index contributed by atoms with van der Waals surface area (Å²) in [6.45, 7) is 0. The molecule has 0 saturated carbocycles. The maximum atomic E-state index is 11.3. The molecule has 2 aromatic rings. The quantitative estimate of drug-likeness (QED) is 0.657. The first-order valence-electron chi connectivity index (χ1n) is 4.04. The zero-order chi connectivity index (χ0) is 10.1. The minimum Gasteiger partial charge on any atom is -0.465 e. The summed E-state index contributed by atoms with van der Waals surface area (Å²) in [6.07, 6.45) is 1.56. The molecule has 2 rings (SSSR count). The van der Waals surface area contributed by atoms with E-state index in [2.05, 4.69) is 14.7 Å². The number of pyridine rings is 1. The van der Waals surface area contributed by atoms with Crippen molar-refractivity contribution in [3.63, 3.8) is 0 Å². The number of esters is 1. The number of ether oxygens (including phenoxy) is 1. The van der Waals surface area contributed by atoms with E-state index in [0.717, 1.165) is 0 Å². The number of nitrogens with two attached hydrogens (primary N) is 1. The SMILES string of the molecule is COC(=O)c1c[nH]c2nc(N)ccc12. The number of aromatic amines is 1. The highest BCUT2D eigenvalue weighted by Gasteiger charge is 2.12. The Balaban J connectivity index is 2.64. The number of carbonyl (C=O) groups excluding carboxylic acids is 1. The fraction of sp³-hybridized carbons (Fsp3) is 0.111. The number of nitrogens with one attached hydrogen (secondary N) is 1. The third kappa shape index (κ3) is 1.19. The lowest BCUT2D eigenvalue weighted by atomic mass is 10.2. The Morgan fingerprint density at radius 2 is 2.36 bits per heavy atom. The molecule has 14 heavy (non-hydrogen) atoms. The summed E-state index contributed by atoms with van der Waals surface area (Å²) < 4.78 is 4.61. The topological polar surface area (TPSA) is 81.0 Å². The van der Waals surface area contributed by atoms with E-state index in [0.29, 0.717) is 22.4 Å². The van der Waals surface area contributed by atoms with E-state index in [4.69, 9.17) is 5.73 Å². The molecule has 0 radical (unpaired) electrons. The van der Waals surface area contributed by atoms with E-state index >= 15 is 0 Å². The number of rotatable bonds is 1. The normalized spacial score (nSPS) is 10.4. The maximum Gasteiger partial charge on any atom is 0.340 e. The number of aromatic nitrogens is 2. The van der Waals surface area contributed by atoms with Crippen molar-refractivity contribution >= 4 is 22.8 Å². The fourth-order valence-electron chi connectivity index (χ4n) is 1.30. The Hall–Kier alpha value is -2.04. The highest BCUT2D eigenvalue weighted by atomic mass is 16.5. The molecule has 0 unspecified atom stereocenters. The lowest BCUT2D eigenvalue weighted by Gasteiger charge is -1.96. The molecule has 0 saturated heterocycles. The second-order valence-corrected chi connectivity index (χ2v) is 2.83. The molecule has 0 aromatic carbocycles. The first kappa shape index (κ1) is 8.55. The van der Waals surface area contributed by atoms with Crippen LogP contribution in [0.15, 0.2) is 18.3 Å². The van der Waals surface area contributed by atoms with E-state index in [1.54, 1.807) is 18.3 Å². The molecule has 0 aliphatic heterocycles. The van der Waals surface area contributed by atoms with E-state index in [-0.39, 0.29) is 5.97 Å². The van der Waals surface area contributed by atoms with Gasteiger partial charge in [-0.2, -0.15) is 0 Å². The minimum atomic E-state index is -0.386. The minimum absolute atomic E-state index is 0.386. The average molecular weight is 191 g/mol. The highest BCUT2D eigenvalue weighted by molar-refractivity contribution is 6.03. The number of nitrogen functional groups attached to an aromatic ring is 1. The summed E-state index contributed by atoms with van der Waals surface area (Å²) in [7, 11) is 1.34. The number of methoxy groups -OCH3 is 1. The van der Waals surface area contributed by atoms with Crippen molar-refractivity contribution in [3.8, 4) is 0 Å². The lowest BCUT2D eigenvalue weighted by Crippen LogP contribution is -1.99. The summed E-state index contributed by atoms with van der Waals surface area (Å²) in [6, 6.07) is 3.38. The van der Waals surface area contributed by atoms with Gasteiger partial charge in [-0.05, 0) is 12.1 Å². The smallest absolute Gasteiger partial charge is 0.340 e. The van der Waals surface area contributed by atoms with Crippen molar-refractivity contribution < 1.29 is 9.53 Å². The van der Waals surface area contributed by atoms with Crippen LogP contribution in [-0.4, -0.2) is 23.0 Å². The van der Waals surface area contributed by atoms with Gasteiger partial charge in [-0.25, -0.2) is 9.78 Å². The lowest BCUT2D eigenvalue weighted by molar-refractivity contribution is 0.0603. The van der Waals surface area contributed by atoms with E-state index in [1.807, 2.05) is 0 Å². The number of fused-ring (bicyclic) bond motifs is 1. The molecular weight excluding hydrogens is 182 g/mol. The van der Waals surface area contributed by atoms with Crippen molar-refractivity contribution in [2.45, 2.75) is 0 Å². The van der Waals surface area contributed by atoms with Crippen molar-refractivity contribution in [1.82, 2.24) is 9.97 Å². The van der Waals surface area contributed by atoms with Crippen LogP contribution < -0.4 is 5.73 Å². The van der Waals surface area contributed by atoms with Gasteiger partial charge in [0, 0.05) is 11.6 Å². The summed E-state index contributed by atoms with van der Waals surface area (Å²) in [4.78, 5) is 18.2. The molecule has 0 fully saturated rings. The second kappa shape index (κ2) is 3.02. The van der Waals surface area contributed by atoms with Gasteiger partial charge in [0.2, 0.25) is 0 Å². The van der Waals surface area contributed by atoms with Gasteiger partial charge in [0.15, 0.2) is 0 Å². The Morgan fingerprint density at radius 1 is 1.57 bits per heavy atom. The Labute approximate surface area is 79.9 Å². The summed E-state index contributed by atoms with van der Waals surface area (Å²) in [5.74, 6) is 0.0265. The zero-order valence-electron chi connectivity index (χ0n) is 7.57. The molecule has 0 amide bonds. The molecule has 2 aromatic heterocycles. The van der Waals surface area contributed by atoms with Crippen molar-refractivity contribution in [1.29, 1.82) is 0 Å². The molecule has 0 aliphatic carbocycles. The molecule has 0 aliphatic rings. The van der Waals surface area contributed by atoms with Gasteiger partial charge in [0.25, 0.3) is 0 Å². The van der Waals surface area contributed by atoms with Gasteiger partial charge in [0.05, 0.1) is 12.7 Å². The van der Waals surface area contributed by atoms with Crippen LogP contribution in [0.5, 0.6) is 0 Å². The van der Waals surface area contributed by atoms with Crippen LogP contribution >= 0.6 is 0 Å². The fourth-order valence-corrected chi connectivity index (χ4v) is 1.30. The largest absolute Gasteiger partial charge is 0.465 e. The molecule has 5 nitrogen and oxygen atoms in total. The molecule has 2 heterocycles. The molecule has 0 atom stereocenters. The predicted molar refractivity (Wildman–Crippen MR) is 51.8 cm³/mol. The number of carbonyl (C=O) groups is 1. The van der Waals surface area contributed by atoms with Crippen molar-refractivity contribution in [2.75, 3.05) is 12.8 Å². The average Bonchev–Trinajstić information content (AvgIpc) is 2.59. The second-order valence-electron chi connectivity index (χ2n) is 2.83. The Morgan fingerprint density at radius 3 is 3.07 bits per heavy atom. The van der Waals surface area contributed by atoms with Gasteiger partial charge < -0.3 is 15.5 Å². The van der Waals surface area contributed by atoms with Gasteiger partial charge in [0.1, 0.15) is 11.5 Å². The van der Waals surface area contributed by atoms with Gasteiger partial charge in [-0.15, -0.1) is 0 Å². The number of nitrogens with zero attached hydrogens (tertiary/aromatic N) is 1. The Kier molecular flexibility index (Phi) is 1.85. The Bertz CT molecular complexity index is 490. The summed E-state index contributed by atoms with van der Waals surface area (Å²) >= 11 is 0. The van der Waals surface area contributed by atoms with E-state index in [9.17, 15) is 4.79 Å². The van der Waals surface area contributed by atoms with Crippen LogP contribution in [0, 0.1) is 0 Å². The maximum absolute atomic E-state index is 11.3. The number of hydrogen-bond acceptors (Lipinski definition) is 4. The molecule has 0 spiro atoms. The van der Waals surface area contributed by atoms with Crippen molar-refractivity contribution in [3.05, 3.63) is 23.9 Å². The molecule has 0 bridgehead atoms. The molecule has 5 heteroatoms. The molecule has 3 N–H and O–H groups in total. The predicted octanol–water partition coefficient (Wildman–Crippen LogP) is 0.932. The third-order valence-corrected chi connectivity index (χ3v) is 1.97. The van der Waals surface area contributed by atoms with E-state index in [1.165, 1.54) is 7.11 Å². The highest BCUT2D eigenvalue weighted by Crippen LogP contribution is 2.18. The van der Waals surface area contributed by atoms with Crippen LogP contribution in [0.4, 0.5) is 5.82 Å². The first-order valence-corrected chi connectivity index (χ1v) is 4.04. The van der Waals surface area contributed by atoms with Crippen LogP contribution in [0.3, 0.4) is 0 Å². The summed E-state index contributed by atoms with van der Waals surface area (Å²) in [5.41, 5.74) is 6.55. The monoisotopic (exact) mass is 191 g/mol. The van der Waals surface area contributed by atoms with Gasteiger partial charge in [-0.1, -0.05) is 0 Å². The summed E-state index contributed by atoms with van der Waals surface area (Å²) in [5, 5.41) is 0.714. The molecule has 72 valence electrons. The molecular formula is C9H9N3O2. The standard InChI is InChI=1S/C9H9N3O2/c1-14-9(13)6-4-11-8-5(6)2-3-7(10)12-8/h2-4H,1H3,(H3,10,11,12). The van der Waals surface area contributed by atoms with Crippen LogP contribution in [0.25, 0.3) is 11.0 Å².